The van der Waals surface area contributed by atoms with Crippen LogP contribution in [0.1, 0.15) is 20.4 Å². The summed E-state index contributed by atoms with van der Waals surface area (Å²) in [6, 6.07) is 5.31. The highest BCUT2D eigenvalue weighted by molar-refractivity contribution is 7.14. The highest BCUT2D eigenvalue weighted by atomic mass is 32.1. The number of rotatable bonds is 2. The maximum Gasteiger partial charge on any atom is 0.425 e. The molecule has 0 bridgehead atoms. The first-order valence-electron chi connectivity index (χ1n) is 6.15. The second-order valence-corrected chi connectivity index (χ2v) is 5.55. The number of thiophene rings is 1. The van der Waals surface area contributed by atoms with Crippen LogP contribution in [0.4, 0.5) is 18.9 Å². The second kappa shape index (κ2) is 5.09. The van der Waals surface area contributed by atoms with Crippen LogP contribution in [0.2, 0.25) is 0 Å². The van der Waals surface area contributed by atoms with Crippen molar-refractivity contribution in [1.82, 2.24) is 14.6 Å². The summed E-state index contributed by atoms with van der Waals surface area (Å²) < 4.78 is 39.2. The molecule has 0 aromatic carbocycles. The Labute approximate surface area is 126 Å². The number of carbonyl (C=O) groups is 1. The van der Waals surface area contributed by atoms with E-state index in [9.17, 15) is 18.0 Å². The summed E-state index contributed by atoms with van der Waals surface area (Å²) in [7, 11) is 0. The van der Waals surface area contributed by atoms with Crippen LogP contribution in [0.3, 0.4) is 0 Å². The van der Waals surface area contributed by atoms with Gasteiger partial charge in [0.25, 0.3) is 5.91 Å². The van der Waals surface area contributed by atoms with Gasteiger partial charge in [0.2, 0.25) is 0 Å². The van der Waals surface area contributed by atoms with Gasteiger partial charge in [-0.3, -0.25) is 4.79 Å². The standard InChI is InChI=1S/C13H9F3N4OS/c1-7-17-11-8(3-2-6-20(11)19-7)18-12(21)9-4-5-10(22-9)13(14,15)16/h2-6H,1H3,(H,18,21). The van der Waals surface area contributed by atoms with Crippen molar-refractivity contribution in [3.8, 4) is 0 Å². The Morgan fingerprint density at radius 2 is 2.09 bits per heavy atom. The van der Waals surface area contributed by atoms with Crippen LogP contribution >= 0.6 is 11.3 Å². The van der Waals surface area contributed by atoms with E-state index in [1.54, 1.807) is 25.3 Å². The largest absolute Gasteiger partial charge is 0.425 e. The number of carbonyl (C=O) groups excluding carboxylic acids is 1. The molecule has 0 saturated carbocycles. The predicted molar refractivity (Wildman–Crippen MR) is 75.0 cm³/mol. The van der Waals surface area contributed by atoms with Crippen molar-refractivity contribution in [2.45, 2.75) is 13.1 Å². The van der Waals surface area contributed by atoms with Crippen LogP contribution in [-0.4, -0.2) is 20.5 Å². The van der Waals surface area contributed by atoms with Crippen LogP contribution in [0.15, 0.2) is 30.5 Å². The summed E-state index contributed by atoms with van der Waals surface area (Å²) in [4.78, 5) is 15.4. The van der Waals surface area contributed by atoms with Crippen molar-refractivity contribution in [2.75, 3.05) is 5.32 Å². The van der Waals surface area contributed by atoms with Gasteiger partial charge < -0.3 is 5.32 Å². The van der Waals surface area contributed by atoms with Gasteiger partial charge in [0.15, 0.2) is 5.65 Å². The molecule has 3 heterocycles. The lowest BCUT2D eigenvalue weighted by Gasteiger charge is -2.04. The Morgan fingerprint density at radius 3 is 2.77 bits per heavy atom. The smallest absolute Gasteiger partial charge is 0.318 e. The minimum absolute atomic E-state index is 0.0226. The monoisotopic (exact) mass is 326 g/mol. The summed E-state index contributed by atoms with van der Waals surface area (Å²) in [5.74, 6) is -0.0913. The quantitative estimate of drug-likeness (QED) is 0.785. The van der Waals surface area contributed by atoms with E-state index in [-0.39, 0.29) is 4.88 Å². The third-order valence-electron chi connectivity index (χ3n) is 2.83. The van der Waals surface area contributed by atoms with Crippen molar-refractivity contribution >= 4 is 28.6 Å². The van der Waals surface area contributed by atoms with Gasteiger partial charge in [0, 0.05) is 6.20 Å². The van der Waals surface area contributed by atoms with E-state index in [4.69, 9.17) is 0 Å². The van der Waals surface area contributed by atoms with Crippen LogP contribution in [0, 0.1) is 6.92 Å². The number of hydrogen-bond acceptors (Lipinski definition) is 4. The molecule has 0 radical (unpaired) electrons. The molecule has 0 fully saturated rings. The second-order valence-electron chi connectivity index (χ2n) is 4.46. The molecular formula is C13H9F3N4OS. The maximum absolute atomic E-state index is 12.6. The first-order valence-corrected chi connectivity index (χ1v) is 6.96. The molecule has 0 spiro atoms. The van der Waals surface area contributed by atoms with Crippen LogP contribution in [-0.2, 0) is 6.18 Å². The van der Waals surface area contributed by atoms with Crippen molar-refractivity contribution in [3.05, 3.63) is 46.0 Å². The molecule has 22 heavy (non-hydrogen) atoms. The third-order valence-corrected chi connectivity index (χ3v) is 3.95. The van der Waals surface area contributed by atoms with Crippen LogP contribution in [0.5, 0.6) is 0 Å². The van der Waals surface area contributed by atoms with Crippen LogP contribution < -0.4 is 5.32 Å². The summed E-state index contributed by atoms with van der Waals surface area (Å²) in [6.45, 7) is 1.70. The molecule has 1 N–H and O–H groups in total. The molecule has 3 aromatic heterocycles. The highest BCUT2D eigenvalue weighted by Gasteiger charge is 2.33. The van der Waals surface area contributed by atoms with Crippen molar-refractivity contribution < 1.29 is 18.0 Å². The third kappa shape index (κ3) is 2.67. The molecule has 5 nitrogen and oxygen atoms in total. The van der Waals surface area contributed by atoms with E-state index in [0.29, 0.717) is 28.5 Å². The number of halogens is 3. The molecule has 0 atom stereocenters. The number of aryl methyl sites for hydroxylation is 1. The summed E-state index contributed by atoms with van der Waals surface area (Å²) in [6.07, 6.45) is -2.79. The van der Waals surface area contributed by atoms with Gasteiger partial charge in [-0.25, -0.2) is 9.50 Å². The Hall–Kier alpha value is -2.42. The molecule has 0 aliphatic rings. The van der Waals surface area contributed by atoms with Gasteiger partial charge in [-0.05, 0) is 31.2 Å². The summed E-state index contributed by atoms with van der Waals surface area (Å²) in [5.41, 5.74) is 0.816. The minimum atomic E-state index is -4.45. The Kier molecular flexibility index (Phi) is 3.36. The van der Waals surface area contributed by atoms with E-state index < -0.39 is 17.0 Å². The zero-order chi connectivity index (χ0) is 15.9. The van der Waals surface area contributed by atoms with E-state index in [2.05, 4.69) is 15.4 Å². The van der Waals surface area contributed by atoms with Crippen molar-refractivity contribution in [3.63, 3.8) is 0 Å². The van der Waals surface area contributed by atoms with Gasteiger partial charge in [-0.15, -0.1) is 11.3 Å². The van der Waals surface area contributed by atoms with Gasteiger partial charge in [0.05, 0.1) is 10.6 Å². The first kappa shape index (κ1) is 14.5. The van der Waals surface area contributed by atoms with E-state index >= 15 is 0 Å². The van der Waals surface area contributed by atoms with Gasteiger partial charge >= 0.3 is 6.18 Å². The molecule has 1 amide bonds. The Morgan fingerprint density at radius 1 is 1.32 bits per heavy atom. The normalized spacial score (nSPS) is 11.8. The lowest BCUT2D eigenvalue weighted by molar-refractivity contribution is -0.134. The number of pyridine rings is 1. The average molecular weight is 326 g/mol. The van der Waals surface area contributed by atoms with Gasteiger partial charge in [0.1, 0.15) is 10.7 Å². The molecule has 114 valence electrons. The molecule has 0 aliphatic heterocycles. The lowest BCUT2D eigenvalue weighted by atomic mass is 10.3. The molecule has 0 saturated heterocycles. The zero-order valence-corrected chi connectivity index (χ0v) is 12.0. The van der Waals surface area contributed by atoms with E-state index in [1.165, 1.54) is 4.52 Å². The molecule has 9 heteroatoms. The Balaban J connectivity index is 1.88. The zero-order valence-electron chi connectivity index (χ0n) is 11.2. The molecular weight excluding hydrogens is 317 g/mol. The summed E-state index contributed by atoms with van der Waals surface area (Å²) >= 11 is 0.398. The Bertz CT molecular complexity index is 852. The molecule has 3 aromatic rings. The van der Waals surface area contributed by atoms with Gasteiger partial charge in [-0.1, -0.05) is 0 Å². The average Bonchev–Trinajstić information content (AvgIpc) is 3.03. The minimum Gasteiger partial charge on any atom is -0.318 e. The predicted octanol–water partition coefficient (Wildman–Crippen LogP) is 3.37. The maximum atomic E-state index is 12.6. The number of fused-ring (bicyclic) bond motifs is 1. The van der Waals surface area contributed by atoms with E-state index in [0.717, 1.165) is 12.1 Å². The fourth-order valence-electron chi connectivity index (χ4n) is 1.91. The molecule has 3 rings (SSSR count). The number of amides is 1. The van der Waals surface area contributed by atoms with E-state index in [1.807, 2.05) is 0 Å². The number of hydrogen-bond donors (Lipinski definition) is 1. The first-order chi connectivity index (χ1) is 10.3. The van der Waals surface area contributed by atoms with Crippen molar-refractivity contribution in [1.29, 1.82) is 0 Å². The topological polar surface area (TPSA) is 59.3 Å². The van der Waals surface area contributed by atoms with Gasteiger partial charge in [-0.2, -0.15) is 18.3 Å². The number of anilines is 1. The number of aromatic nitrogens is 3. The number of alkyl halides is 3. The lowest BCUT2D eigenvalue weighted by Crippen LogP contribution is -2.11. The number of nitrogens with one attached hydrogen (secondary N) is 1. The number of nitrogens with zero attached hydrogens (tertiary/aromatic N) is 3. The fourth-order valence-corrected chi connectivity index (χ4v) is 2.68. The SMILES string of the molecule is Cc1nc2c(NC(=O)c3ccc(C(F)(F)F)s3)cccn2n1. The van der Waals surface area contributed by atoms with Crippen LogP contribution in [0.25, 0.3) is 5.65 Å². The fraction of sp³-hybridized carbons (Fsp3) is 0.154. The molecule has 0 aliphatic carbocycles. The summed E-state index contributed by atoms with van der Waals surface area (Å²) in [5, 5.41) is 6.66. The van der Waals surface area contributed by atoms with Crippen molar-refractivity contribution in [2.24, 2.45) is 0 Å². The highest BCUT2D eigenvalue weighted by Crippen LogP contribution is 2.34. The molecule has 0 unspecified atom stereocenters.